The second kappa shape index (κ2) is 6.51. The first-order chi connectivity index (χ1) is 10.0. The minimum absolute atomic E-state index is 0.0448. The molecule has 5 nitrogen and oxygen atoms in total. The van der Waals surface area contributed by atoms with Crippen molar-refractivity contribution in [1.82, 2.24) is 0 Å². The molecule has 6 heteroatoms. The summed E-state index contributed by atoms with van der Waals surface area (Å²) in [6, 6.07) is 12.0. The van der Waals surface area contributed by atoms with Crippen LogP contribution in [-0.2, 0) is 4.79 Å². The van der Waals surface area contributed by atoms with E-state index < -0.39 is 5.91 Å². The normalized spacial score (nSPS) is 9.95. The Morgan fingerprint density at radius 2 is 1.52 bits per heavy atom. The minimum Gasteiger partial charge on any atom is -0.376 e. The smallest absolute Gasteiger partial charge is 0.248 e. The van der Waals surface area contributed by atoms with Crippen molar-refractivity contribution in [2.75, 3.05) is 17.2 Å². The molecule has 0 aliphatic carbocycles. The molecule has 0 fully saturated rings. The van der Waals surface area contributed by atoms with Crippen molar-refractivity contribution >= 4 is 23.2 Å². The largest absolute Gasteiger partial charge is 0.376 e. The van der Waals surface area contributed by atoms with E-state index in [1.54, 1.807) is 24.3 Å². The maximum Gasteiger partial charge on any atom is 0.248 e. The topological polar surface area (TPSA) is 84.2 Å². The van der Waals surface area contributed by atoms with E-state index in [0.29, 0.717) is 16.9 Å². The third kappa shape index (κ3) is 4.31. The van der Waals surface area contributed by atoms with E-state index in [2.05, 4.69) is 10.6 Å². The van der Waals surface area contributed by atoms with Crippen LogP contribution in [0.5, 0.6) is 0 Å². The molecule has 0 atom stereocenters. The Bertz CT molecular complexity index is 639. The van der Waals surface area contributed by atoms with Crippen molar-refractivity contribution < 1.29 is 14.0 Å². The molecule has 0 unspecified atom stereocenters. The van der Waals surface area contributed by atoms with Gasteiger partial charge in [-0.25, -0.2) is 4.39 Å². The van der Waals surface area contributed by atoms with E-state index in [-0.39, 0.29) is 18.3 Å². The quantitative estimate of drug-likeness (QED) is 0.786. The molecular weight excluding hydrogens is 273 g/mol. The molecular formula is C15H14FN3O2. The number of hydrogen-bond acceptors (Lipinski definition) is 3. The lowest BCUT2D eigenvalue weighted by atomic mass is 10.2. The molecule has 0 spiro atoms. The van der Waals surface area contributed by atoms with E-state index in [1.807, 2.05) is 0 Å². The molecule has 0 saturated heterocycles. The highest BCUT2D eigenvalue weighted by Crippen LogP contribution is 2.10. The van der Waals surface area contributed by atoms with Crippen LogP contribution in [-0.4, -0.2) is 18.4 Å². The number of nitrogens with one attached hydrogen (secondary N) is 2. The van der Waals surface area contributed by atoms with Crippen LogP contribution in [0.15, 0.2) is 48.5 Å². The molecule has 0 aromatic heterocycles. The van der Waals surface area contributed by atoms with Gasteiger partial charge in [0.1, 0.15) is 5.82 Å². The van der Waals surface area contributed by atoms with Gasteiger partial charge in [-0.05, 0) is 48.5 Å². The summed E-state index contributed by atoms with van der Waals surface area (Å²) in [5, 5.41) is 5.53. The summed E-state index contributed by atoms with van der Waals surface area (Å²) in [6.45, 7) is 0.0448. The number of nitrogens with two attached hydrogens (primary N) is 1. The van der Waals surface area contributed by atoms with E-state index in [9.17, 15) is 14.0 Å². The second-order valence-corrected chi connectivity index (χ2v) is 4.35. The Morgan fingerprint density at radius 3 is 2.10 bits per heavy atom. The predicted octanol–water partition coefficient (Wildman–Crippen LogP) is 1.98. The third-order valence-corrected chi connectivity index (χ3v) is 2.75. The van der Waals surface area contributed by atoms with Crippen LogP contribution in [0.25, 0.3) is 0 Å². The van der Waals surface area contributed by atoms with Gasteiger partial charge < -0.3 is 16.4 Å². The van der Waals surface area contributed by atoms with E-state index >= 15 is 0 Å². The zero-order valence-electron chi connectivity index (χ0n) is 11.1. The highest BCUT2D eigenvalue weighted by atomic mass is 19.1. The van der Waals surface area contributed by atoms with Crippen LogP contribution in [0.1, 0.15) is 10.4 Å². The van der Waals surface area contributed by atoms with Gasteiger partial charge in [-0.1, -0.05) is 0 Å². The van der Waals surface area contributed by atoms with E-state index in [0.717, 1.165) is 0 Å². The van der Waals surface area contributed by atoms with Gasteiger partial charge in [0.05, 0.1) is 6.54 Å². The van der Waals surface area contributed by atoms with Crippen molar-refractivity contribution in [2.24, 2.45) is 5.73 Å². The first kappa shape index (κ1) is 14.5. The number of anilines is 2. The molecule has 0 saturated carbocycles. The molecule has 2 amide bonds. The zero-order valence-corrected chi connectivity index (χ0v) is 11.1. The van der Waals surface area contributed by atoms with Gasteiger partial charge in [0, 0.05) is 16.9 Å². The lowest BCUT2D eigenvalue weighted by Crippen LogP contribution is -2.21. The summed E-state index contributed by atoms with van der Waals surface area (Å²) in [7, 11) is 0. The zero-order chi connectivity index (χ0) is 15.2. The lowest BCUT2D eigenvalue weighted by molar-refractivity contribution is -0.114. The average molecular weight is 287 g/mol. The number of halogens is 1. The van der Waals surface area contributed by atoms with Crippen LogP contribution in [0.3, 0.4) is 0 Å². The molecule has 2 aromatic carbocycles. The summed E-state index contributed by atoms with van der Waals surface area (Å²) in [4.78, 5) is 22.6. The van der Waals surface area contributed by atoms with Gasteiger partial charge in [-0.15, -0.1) is 0 Å². The highest BCUT2D eigenvalue weighted by Gasteiger charge is 2.04. The third-order valence-electron chi connectivity index (χ3n) is 2.75. The molecule has 2 aromatic rings. The Labute approximate surface area is 121 Å². The van der Waals surface area contributed by atoms with Crippen molar-refractivity contribution in [2.45, 2.75) is 0 Å². The van der Waals surface area contributed by atoms with Crippen LogP contribution < -0.4 is 16.4 Å². The van der Waals surface area contributed by atoms with Gasteiger partial charge in [0.15, 0.2) is 0 Å². The van der Waals surface area contributed by atoms with E-state index in [4.69, 9.17) is 5.73 Å². The standard InChI is InChI=1S/C15H14FN3O2/c16-11-3-7-12(8-4-11)18-9-14(20)19-13-5-1-10(2-6-13)15(17)21/h1-8,18H,9H2,(H2,17,21)(H,19,20). The van der Waals surface area contributed by atoms with Crippen molar-refractivity contribution in [1.29, 1.82) is 0 Å². The van der Waals surface area contributed by atoms with Crippen LogP contribution >= 0.6 is 0 Å². The number of amides is 2. The maximum atomic E-state index is 12.7. The monoisotopic (exact) mass is 287 g/mol. The molecule has 2 rings (SSSR count). The number of carbonyl (C=O) groups is 2. The predicted molar refractivity (Wildman–Crippen MR) is 78.5 cm³/mol. The van der Waals surface area contributed by atoms with Gasteiger partial charge in [0.25, 0.3) is 0 Å². The number of carbonyl (C=O) groups excluding carboxylic acids is 2. The molecule has 0 heterocycles. The number of primary amides is 1. The fourth-order valence-corrected chi connectivity index (χ4v) is 1.67. The lowest BCUT2D eigenvalue weighted by Gasteiger charge is -2.08. The van der Waals surface area contributed by atoms with Gasteiger partial charge >= 0.3 is 0 Å². The SMILES string of the molecule is NC(=O)c1ccc(NC(=O)CNc2ccc(F)cc2)cc1. The minimum atomic E-state index is -0.522. The van der Waals surface area contributed by atoms with Gasteiger partial charge in [-0.2, -0.15) is 0 Å². The Morgan fingerprint density at radius 1 is 0.952 bits per heavy atom. The Balaban J connectivity index is 1.86. The second-order valence-electron chi connectivity index (χ2n) is 4.35. The first-order valence-corrected chi connectivity index (χ1v) is 6.24. The fourth-order valence-electron chi connectivity index (χ4n) is 1.67. The van der Waals surface area contributed by atoms with Gasteiger partial charge in [-0.3, -0.25) is 9.59 Å². The fraction of sp³-hybridized carbons (Fsp3) is 0.0667. The molecule has 4 N–H and O–H groups in total. The van der Waals surface area contributed by atoms with Crippen LogP contribution in [0.4, 0.5) is 15.8 Å². The van der Waals surface area contributed by atoms with Crippen molar-refractivity contribution in [3.05, 3.63) is 59.9 Å². The molecule has 0 aliphatic heterocycles. The highest BCUT2D eigenvalue weighted by molar-refractivity contribution is 5.96. The average Bonchev–Trinajstić information content (AvgIpc) is 2.47. The first-order valence-electron chi connectivity index (χ1n) is 6.24. The molecule has 0 aliphatic rings. The number of rotatable bonds is 5. The Hall–Kier alpha value is -2.89. The van der Waals surface area contributed by atoms with Crippen molar-refractivity contribution in [3.63, 3.8) is 0 Å². The van der Waals surface area contributed by atoms with Crippen molar-refractivity contribution in [3.8, 4) is 0 Å². The summed E-state index contributed by atoms with van der Waals surface area (Å²) >= 11 is 0. The molecule has 108 valence electrons. The van der Waals surface area contributed by atoms with Crippen LogP contribution in [0.2, 0.25) is 0 Å². The van der Waals surface area contributed by atoms with E-state index in [1.165, 1.54) is 24.3 Å². The number of hydrogen-bond donors (Lipinski definition) is 3. The molecule has 0 bridgehead atoms. The summed E-state index contributed by atoms with van der Waals surface area (Å²) < 4.78 is 12.7. The van der Waals surface area contributed by atoms with Crippen LogP contribution in [0, 0.1) is 5.82 Å². The summed E-state index contributed by atoms with van der Waals surface area (Å²) in [6.07, 6.45) is 0. The summed E-state index contributed by atoms with van der Waals surface area (Å²) in [5.74, 6) is -1.11. The maximum absolute atomic E-state index is 12.7. The van der Waals surface area contributed by atoms with Gasteiger partial charge in [0.2, 0.25) is 11.8 Å². The molecule has 0 radical (unpaired) electrons. The number of benzene rings is 2. The molecule has 21 heavy (non-hydrogen) atoms. The summed E-state index contributed by atoms with van der Waals surface area (Å²) in [5.41, 5.74) is 6.71. The Kier molecular flexibility index (Phi) is 4.50.